The van der Waals surface area contributed by atoms with E-state index in [-0.39, 0.29) is 0 Å². The van der Waals surface area contributed by atoms with Gasteiger partial charge in [0, 0.05) is 6.54 Å². The zero-order valence-corrected chi connectivity index (χ0v) is 4.52. The summed E-state index contributed by atoms with van der Waals surface area (Å²) in [5.41, 5.74) is 5.10. The molecule has 0 bridgehead atoms. The van der Waals surface area contributed by atoms with Crippen LogP contribution in [0.1, 0.15) is 0 Å². The van der Waals surface area contributed by atoms with Crippen LogP contribution in [0.4, 0.5) is 0 Å². The second kappa shape index (κ2) is 4.11. The largest absolute Gasteiger partial charge is 0.437 e. The first-order chi connectivity index (χ1) is 3.27. The first kappa shape index (κ1) is 6.94. The van der Waals surface area contributed by atoms with Gasteiger partial charge >= 0.3 is 7.05 Å². The van der Waals surface area contributed by atoms with Crippen molar-refractivity contribution in [2.24, 2.45) is 5.73 Å². The molecule has 3 nitrogen and oxygen atoms in total. The molecule has 7 heavy (non-hydrogen) atoms. The Kier molecular flexibility index (Phi) is 4.08. The zero-order valence-electron chi connectivity index (χ0n) is 4.52. The summed E-state index contributed by atoms with van der Waals surface area (Å²) in [6, 6.07) is 0. The average molecular weight is 102 g/mol. The van der Waals surface area contributed by atoms with E-state index in [0.29, 0.717) is 13.1 Å². The average Bonchev–Trinajstić information content (AvgIpc) is 1.61. The minimum Gasteiger partial charge on any atom is -0.437 e. The molecule has 0 aromatic heterocycles. The second-order valence-electron chi connectivity index (χ2n) is 1.42. The summed E-state index contributed by atoms with van der Waals surface area (Å²) in [7, 11) is -0.427. The molecule has 0 unspecified atom stereocenters. The SMILES string of the molecule is CB(O)NCCN. The molecule has 0 heterocycles. The summed E-state index contributed by atoms with van der Waals surface area (Å²) in [5.74, 6) is 0. The molecule has 0 saturated carbocycles. The van der Waals surface area contributed by atoms with Gasteiger partial charge < -0.3 is 16.0 Å². The molecule has 0 aliphatic rings. The maximum absolute atomic E-state index is 8.52. The molecule has 4 N–H and O–H groups in total. The summed E-state index contributed by atoms with van der Waals surface area (Å²) in [4.78, 5) is 0. The second-order valence-corrected chi connectivity index (χ2v) is 1.42. The minimum absolute atomic E-state index is 0.427. The van der Waals surface area contributed by atoms with Gasteiger partial charge in [-0.25, -0.2) is 0 Å². The molecule has 4 heteroatoms. The normalized spacial score (nSPS) is 9.00. The highest BCUT2D eigenvalue weighted by Crippen LogP contribution is 1.60. The molecular formula is C3H11BN2O. The van der Waals surface area contributed by atoms with E-state index in [4.69, 9.17) is 10.8 Å². The van der Waals surface area contributed by atoms with Crippen LogP contribution in [-0.2, 0) is 0 Å². The summed E-state index contributed by atoms with van der Waals surface area (Å²) in [6.07, 6.45) is 0. The summed E-state index contributed by atoms with van der Waals surface area (Å²) in [6.45, 7) is 2.91. The van der Waals surface area contributed by atoms with Gasteiger partial charge in [0.25, 0.3) is 0 Å². The third kappa shape index (κ3) is 5.94. The molecule has 0 rings (SSSR count). The van der Waals surface area contributed by atoms with Gasteiger partial charge in [0.15, 0.2) is 0 Å². The van der Waals surface area contributed by atoms with Crippen LogP contribution in [0.5, 0.6) is 0 Å². The Morgan fingerprint density at radius 3 is 2.57 bits per heavy atom. The van der Waals surface area contributed by atoms with E-state index >= 15 is 0 Å². The highest BCUT2D eigenvalue weighted by molar-refractivity contribution is 6.45. The van der Waals surface area contributed by atoms with Gasteiger partial charge in [-0.15, -0.1) is 0 Å². The maximum Gasteiger partial charge on any atom is 0.373 e. The minimum atomic E-state index is -0.427. The lowest BCUT2D eigenvalue weighted by molar-refractivity contribution is 0.555. The third-order valence-corrected chi connectivity index (χ3v) is 0.584. The van der Waals surface area contributed by atoms with Crippen LogP contribution in [0.25, 0.3) is 0 Å². The van der Waals surface area contributed by atoms with Crippen LogP contribution >= 0.6 is 0 Å². The Bertz CT molecular complexity index is 41.9. The van der Waals surface area contributed by atoms with Crippen molar-refractivity contribution in [3.8, 4) is 0 Å². The smallest absolute Gasteiger partial charge is 0.373 e. The van der Waals surface area contributed by atoms with Gasteiger partial charge in [0.1, 0.15) is 0 Å². The van der Waals surface area contributed by atoms with E-state index in [1.807, 2.05) is 0 Å². The molecule has 0 aromatic rings. The molecule has 42 valence electrons. The van der Waals surface area contributed by atoms with E-state index in [9.17, 15) is 0 Å². The van der Waals surface area contributed by atoms with Gasteiger partial charge in [0.2, 0.25) is 0 Å². The topological polar surface area (TPSA) is 58.3 Å². The first-order valence-corrected chi connectivity index (χ1v) is 2.39. The van der Waals surface area contributed by atoms with Crippen LogP contribution in [0.15, 0.2) is 0 Å². The van der Waals surface area contributed by atoms with E-state index in [1.54, 1.807) is 6.82 Å². The van der Waals surface area contributed by atoms with Crippen molar-refractivity contribution < 1.29 is 5.02 Å². The fourth-order valence-corrected chi connectivity index (χ4v) is 0.292. The van der Waals surface area contributed by atoms with Gasteiger partial charge in [-0.3, -0.25) is 0 Å². The summed E-state index contributed by atoms with van der Waals surface area (Å²) < 4.78 is 0. The van der Waals surface area contributed by atoms with Gasteiger partial charge in [-0.05, 0) is 13.4 Å². The Morgan fingerprint density at radius 2 is 2.43 bits per heavy atom. The van der Waals surface area contributed by atoms with E-state index < -0.39 is 7.05 Å². The zero-order chi connectivity index (χ0) is 5.70. The number of nitrogens with two attached hydrogens (primary N) is 1. The third-order valence-electron chi connectivity index (χ3n) is 0.584. The lowest BCUT2D eigenvalue weighted by Crippen LogP contribution is -2.34. The molecule has 0 spiro atoms. The molecule has 0 aromatic carbocycles. The maximum atomic E-state index is 8.52. The van der Waals surface area contributed by atoms with Crippen molar-refractivity contribution in [3.05, 3.63) is 0 Å². The lowest BCUT2D eigenvalue weighted by Gasteiger charge is -1.98. The molecule has 0 fully saturated rings. The molecule has 0 aliphatic carbocycles. The molecule has 0 aliphatic heterocycles. The number of hydrogen-bond acceptors (Lipinski definition) is 3. The predicted octanol–water partition coefficient (Wildman–Crippen LogP) is -1.35. The van der Waals surface area contributed by atoms with Crippen LogP contribution in [-0.4, -0.2) is 25.2 Å². The molecule has 0 atom stereocenters. The van der Waals surface area contributed by atoms with Crippen molar-refractivity contribution in [2.45, 2.75) is 6.82 Å². The summed E-state index contributed by atoms with van der Waals surface area (Å²) >= 11 is 0. The van der Waals surface area contributed by atoms with Crippen molar-refractivity contribution in [1.82, 2.24) is 5.23 Å². The number of nitrogens with one attached hydrogen (secondary N) is 1. The fraction of sp³-hybridized carbons (Fsp3) is 1.00. The highest BCUT2D eigenvalue weighted by atomic mass is 16.2. The van der Waals surface area contributed by atoms with Gasteiger partial charge in [-0.1, -0.05) is 0 Å². The number of hydrogen-bond donors (Lipinski definition) is 3. The monoisotopic (exact) mass is 102 g/mol. The first-order valence-electron chi connectivity index (χ1n) is 2.39. The quantitative estimate of drug-likeness (QED) is 0.386. The fourth-order valence-electron chi connectivity index (χ4n) is 0.292. The molecule has 0 saturated heterocycles. The Labute approximate surface area is 44.0 Å². The van der Waals surface area contributed by atoms with Crippen LogP contribution < -0.4 is 11.0 Å². The van der Waals surface area contributed by atoms with Crippen molar-refractivity contribution in [3.63, 3.8) is 0 Å². The summed E-state index contributed by atoms with van der Waals surface area (Å²) in [5, 5.41) is 11.2. The van der Waals surface area contributed by atoms with E-state index in [2.05, 4.69) is 5.23 Å². The van der Waals surface area contributed by atoms with Gasteiger partial charge in [0.05, 0.1) is 0 Å². The van der Waals surface area contributed by atoms with Crippen LogP contribution in [0, 0.1) is 0 Å². The Hall–Kier alpha value is -0.0551. The molecule has 0 amide bonds. The van der Waals surface area contributed by atoms with Crippen LogP contribution in [0.3, 0.4) is 0 Å². The van der Waals surface area contributed by atoms with Crippen molar-refractivity contribution >= 4 is 7.05 Å². The van der Waals surface area contributed by atoms with Gasteiger partial charge in [-0.2, -0.15) is 0 Å². The lowest BCUT2D eigenvalue weighted by atomic mass is 9.89. The van der Waals surface area contributed by atoms with Crippen molar-refractivity contribution in [1.29, 1.82) is 0 Å². The predicted molar refractivity (Wildman–Crippen MR) is 30.9 cm³/mol. The Morgan fingerprint density at radius 1 is 1.86 bits per heavy atom. The van der Waals surface area contributed by atoms with Crippen molar-refractivity contribution in [2.75, 3.05) is 13.1 Å². The standard InChI is InChI=1S/C3H11BN2O/c1-4(7)6-3-2-5/h6-7H,2-3,5H2,1H3. The van der Waals surface area contributed by atoms with Crippen LogP contribution in [0.2, 0.25) is 6.82 Å². The number of rotatable bonds is 3. The van der Waals surface area contributed by atoms with E-state index in [1.165, 1.54) is 0 Å². The molecule has 0 radical (unpaired) electrons. The van der Waals surface area contributed by atoms with E-state index in [0.717, 1.165) is 0 Å². The Balaban J connectivity index is 2.68. The highest BCUT2D eigenvalue weighted by Gasteiger charge is 1.96. The molecular weight excluding hydrogens is 90.9 g/mol.